The van der Waals surface area contributed by atoms with Gasteiger partial charge >= 0.3 is 6.09 Å². The van der Waals surface area contributed by atoms with Crippen molar-refractivity contribution in [3.05, 3.63) is 71.8 Å². The molecule has 8 heteroatoms. The molecule has 0 aliphatic carbocycles. The number of benzene rings is 2. The number of carbonyl (C=O) groups is 3. The minimum atomic E-state index is -1.37. The molecular weight excluding hydrogens is 432 g/mol. The number of hydrogen-bond donors (Lipinski definition) is 2. The van der Waals surface area contributed by atoms with E-state index in [0.29, 0.717) is 6.54 Å². The van der Waals surface area contributed by atoms with Gasteiger partial charge in [0.2, 0.25) is 5.91 Å². The first-order valence-corrected chi connectivity index (χ1v) is 11.3. The van der Waals surface area contributed by atoms with E-state index in [4.69, 9.17) is 4.74 Å². The van der Waals surface area contributed by atoms with E-state index in [9.17, 15) is 19.6 Å². The first-order valence-electron chi connectivity index (χ1n) is 11.3. The van der Waals surface area contributed by atoms with Crippen molar-refractivity contribution in [2.24, 2.45) is 5.92 Å². The van der Waals surface area contributed by atoms with Crippen molar-refractivity contribution < 1.29 is 19.1 Å². The van der Waals surface area contributed by atoms with Crippen LogP contribution in [0.3, 0.4) is 0 Å². The highest BCUT2D eigenvalue weighted by Crippen LogP contribution is 2.25. The molecule has 34 heavy (non-hydrogen) atoms. The van der Waals surface area contributed by atoms with E-state index in [0.717, 1.165) is 11.1 Å². The number of nitrogens with one attached hydrogen (secondary N) is 2. The van der Waals surface area contributed by atoms with E-state index < -0.39 is 23.6 Å². The zero-order valence-electron chi connectivity index (χ0n) is 19.5. The van der Waals surface area contributed by atoms with Gasteiger partial charge in [0.05, 0.1) is 19.0 Å². The van der Waals surface area contributed by atoms with Gasteiger partial charge in [0.25, 0.3) is 5.91 Å². The topological polar surface area (TPSA) is 112 Å². The third-order valence-corrected chi connectivity index (χ3v) is 5.57. The average molecular weight is 463 g/mol. The lowest BCUT2D eigenvalue weighted by Gasteiger charge is -2.26. The van der Waals surface area contributed by atoms with Crippen LogP contribution in [-0.2, 0) is 27.4 Å². The summed E-state index contributed by atoms with van der Waals surface area (Å²) in [6.07, 6.45) is -1.65. The Hall–Kier alpha value is -3.86. The molecule has 2 unspecified atom stereocenters. The van der Waals surface area contributed by atoms with Crippen LogP contribution in [0.1, 0.15) is 37.8 Å². The van der Waals surface area contributed by atoms with Gasteiger partial charge < -0.3 is 20.3 Å². The molecule has 2 aromatic carbocycles. The van der Waals surface area contributed by atoms with E-state index in [1.54, 1.807) is 4.90 Å². The Labute approximate surface area is 199 Å². The predicted octanol–water partition coefficient (Wildman–Crippen LogP) is 3.14. The summed E-state index contributed by atoms with van der Waals surface area (Å²) in [6.45, 7) is 4.50. The van der Waals surface area contributed by atoms with Gasteiger partial charge in [0.1, 0.15) is 0 Å². The molecular formula is C26H30N4O4. The molecule has 2 aromatic rings. The molecule has 1 aliphatic heterocycles. The molecule has 2 atom stereocenters. The normalized spacial score (nSPS) is 18.3. The maximum Gasteiger partial charge on any atom is 0.408 e. The fourth-order valence-corrected chi connectivity index (χ4v) is 3.87. The second kappa shape index (κ2) is 11.3. The quantitative estimate of drug-likeness (QED) is 0.595. The Morgan fingerprint density at radius 2 is 1.71 bits per heavy atom. The standard InChI is InChI=1S/C26H30N4O4/c1-19(2)13-22(34-25(33)28-15-20-9-5-3-6-10-20)24(32)29-26(17-27)14-23(31)30(18-26)16-21-11-7-4-8-12-21/h3-12,19,22H,13-16,18H2,1-2H3,(H,28,33)(H,29,32). The fraction of sp³-hybridized carbons (Fsp3) is 0.385. The third kappa shape index (κ3) is 6.82. The van der Waals surface area contributed by atoms with E-state index in [2.05, 4.69) is 16.7 Å². The molecule has 2 N–H and O–H groups in total. The van der Waals surface area contributed by atoms with Crippen molar-refractivity contribution in [2.45, 2.75) is 51.4 Å². The summed E-state index contributed by atoms with van der Waals surface area (Å²) in [5.74, 6) is -0.734. The number of ether oxygens (including phenoxy) is 1. The second-order valence-electron chi connectivity index (χ2n) is 8.96. The van der Waals surface area contributed by atoms with Crippen LogP contribution >= 0.6 is 0 Å². The molecule has 178 valence electrons. The van der Waals surface area contributed by atoms with E-state index in [1.807, 2.05) is 74.5 Å². The summed E-state index contributed by atoms with van der Waals surface area (Å²) in [6, 6.07) is 20.9. The lowest BCUT2D eigenvalue weighted by atomic mass is 9.98. The molecule has 1 fully saturated rings. The van der Waals surface area contributed by atoms with Gasteiger partial charge in [0, 0.05) is 13.1 Å². The molecule has 1 heterocycles. The van der Waals surface area contributed by atoms with Crippen molar-refractivity contribution in [3.63, 3.8) is 0 Å². The molecule has 8 nitrogen and oxygen atoms in total. The summed E-state index contributed by atoms with van der Waals surface area (Å²) in [4.78, 5) is 39.6. The van der Waals surface area contributed by atoms with Crippen LogP contribution in [0.15, 0.2) is 60.7 Å². The van der Waals surface area contributed by atoms with E-state index >= 15 is 0 Å². The van der Waals surface area contributed by atoms with E-state index in [1.165, 1.54) is 0 Å². The van der Waals surface area contributed by atoms with Gasteiger partial charge in [0.15, 0.2) is 11.6 Å². The summed E-state index contributed by atoms with van der Waals surface area (Å²) in [5.41, 5.74) is 0.463. The highest BCUT2D eigenvalue weighted by atomic mass is 16.6. The van der Waals surface area contributed by atoms with Crippen LogP contribution in [0.2, 0.25) is 0 Å². The minimum absolute atomic E-state index is 0.0653. The molecule has 0 radical (unpaired) electrons. The number of rotatable bonds is 9. The summed E-state index contributed by atoms with van der Waals surface area (Å²) >= 11 is 0. The molecule has 0 bridgehead atoms. The van der Waals surface area contributed by atoms with Gasteiger partial charge in [-0.1, -0.05) is 74.5 Å². The molecule has 0 aromatic heterocycles. The van der Waals surface area contributed by atoms with Crippen molar-refractivity contribution in [1.82, 2.24) is 15.5 Å². The fourth-order valence-electron chi connectivity index (χ4n) is 3.87. The highest BCUT2D eigenvalue weighted by molar-refractivity contribution is 5.87. The molecule has 1 aliphatic rings. The van der Waals surface area contributed by atoms with Crippen molar-refractivity contribution >= 4 is 17.9 Å². The Morgan fingerprint density at radius 1 is 1.09 bits per heavy atom. The summed E-state index contributed by atoms with van der Waals surface area (Å²) < 4.78 is 5.42. The van der Waals surface area contributed by atoms with Gasteiger partial charge in [-0.15, -0.1) is 0 Å². The van der Waals surface area contributed by atoms with Crippen LogP contribution in [0.25, 0.3) is 0 Å². The molecule has 0 saturated carbocycles. The molecule has 1 saturated heterocycles. The van der Waals surface area contributed by atoms with Crippen molar-refractivity contribution in [3.8, 4) is 6.07 Å². The van der Waals surface area contributed by atoms with Gasteiger partial charge in [-0.2, -0.15) is 5.26 Å². The average Bonchev–Trinajstić information content (AvgIpc) is 3.13. The number of hydrogen-bond acceptors (Lipinski definition) is 5. The van der Waals surface area contributed by atoms with Gasteiger partial charge in [-0.3, -0.25) is 9.59 Å². The lowest BCUT2D eigenvalue weighted by Crippen LogP contribution is -2.53. The van der Waals surface area contributed by atoms with Crippen molar-refractivity contribution in [2.75, 3.05) is 6.54 Å². The molecule has 3 amide bonds. The predicted molar refractivity (Wildman–Crippen MR) is 126 cm³/mol. The Kier molecular flexibility index (Phi) is 8.25. The maximum atomic E-state index is 13.1. The number of nitrogens with zero attached hydrogens (tertiary/aromatic N) is 2. The van der Waals surface area contributed by atoms with E-state index in [-0.39, 0.29) is 37.8 Å². The van der Waals surface area contributed by atoms with Gasteiger partial charge in [-0.25, -0.2) is 4.79 Å². The van der Waals surface area contributed by atoms with Crippen molar-refractivity contribution in [1.29, 1.82) is 5.26 Å². The monoisotopic (exact) mass is 462 g/mol. The molecule has 3 rings (SSSR count). The molecule has 0 spiro atoms. The smallest absolute Gasteiger partial charge is 0.408 e. The highest BCUT2D eigenvalue weighted by Gasteiger charge is 2.46. The number of carbonyl (C=O) groups excluding carboxylic acids is 3. The zero-order valence-corrected chi connectivity index (χ0v) is 19.5. The maximum absolute atomic E-state index is 13.1. The summed E-state index contributed by atoms with van der Waals surface area (Å²) in [5, 5.41) is 15.2. The van der Waals surface area contributed by atoms with Crippen LogP contribution in [0.4, 0.5) is 4.79 Å². The Balaban J connectivity index is 1.63. The lowest BCUT2D eigenvalue weighted by molar-refractivity contribution is -0.131. The van der Waals surface area contributed by atoms with Gasteiger partial charge in [-0.05, 0) is 23.5 Å². The number of amides is 3. The first kappa shape index (κ1) is 24.8. The van der Waals surface area contributed by atoms with Crippen LogP contribution in [-0.4, -0.2) is 41.0 Å². The summed E-state index contributed by atoms with van der Waals surface area (Å²) in [7, 11) is 0. The second-order valence-corrected chi connectivity index (χ2v) is 8.96. The number of likely N-dealkylation sites (tertiary alicyclic amines) is 1. The third-order valence-electron chi connectivity index (χ3n) is 5.57. The van der Waals surface area contributed by atoms with Crippen LogP contribution < -0.4 is 10.6 Å². The number of nitriles is 1. The van der Waals surface area contributed by atoms with Crippen LogP contribution in [0.5, 0.6) is 0 Å². The minimum Gasteiger partial charge on any atom is -0.436 e. The largest absolute Gasteiger partial charge is 0.436 e. The Morgan fingerprint density at radius 3 is 2.29 bits per heavy atom. The van der Waals surface area contributed by atoms with Crippen LogP contribution in [0, 0.1) is 17.2 Å². The number of alkyl carbamates (subject to hydrolysis) is 1. The first-order chi connectivity index (χ1) is 16.3. The SMILES string of the molecule is CC(C)CC(OC(=O)NCc1ccccc1)C(=O)NC1(C#N)CC(=O)N(Cc2ccccc2)C1. The Bertz CT molecular complexity index is 1040. The zero-order chi connectivity index (χ0) is 24.6.